The molecule has 2 aromatic carbocycles. The van der Waals surface area contributed by atoms with Gasteiger partial charge in [-0.05, 0) is 42.2 Å². The van der Waals surface area contributed by atoms with E-state index in [0.29, 0.717) is 12.0 Å². The first-order valence-electron chi connectivity index (χ1n) is 6.06. The van der Waals surface area contributed by atoms with E-state index in [-0.39, 0.29) is 5.82 Å². The van der Waals surface area contributed by atoms with E-state index in [1.165, 1.54) is 6.07 Å². The van der Waals surface area contributed by atoms with Gasteiger partial charge in [0.25, 0.3) is 0 Å². The Morgan fingerprint density at radius 3 is 2.44 bits per heavy atom. The van der Waals surface area contributed by atoms with Gasteiger partial charge in [0.05, 0.1) is 6.10 Å². The molecule has 0 saturated carbocycles. The molecule has 2 aromatic rings. The molecule has 1 nitrogen and oxygen atoms in total. The lowest BCUT2D eigenvalue weighted by Crippen LogP contribution is -2.04. The fourth-order valence-electron chi connectivity index (χ4n) is 2.04. The lowest BCUT2D eigenvalue weighted by Gasteiger charge is -2.13. The molecule has 0 bridgehead atoms. The maximum atomic E-state index is 13.2. The topological polar surface area (TPSA) is 20.2 Å². The average molecular weight is 244 g/mol. The van der Waals surface area contributed by atoms with Crippen LogP contribution in [-0.4, -0.2) is 5.11 Å². The van der Waals surface area contributed by atoms with Crippen molar-refractivity contribution in [3.05, 3.63) is 70.5 Å². The smallest absolute Gasteiger partial charge is 0.126 e. The Balaban J connectivity index is 2.19. The van der Waals surface area contributed by atoms with Crippen molar-refractivity contribution in [1.82, 2.24) is 0 Å². The van der Waals surface area contributed by atoms with Gasteiger partial charge in [0.2, 0.25) is 0 Å². The summed E-state index contributed by atoms with van der Waals surface area (Å²) < 4.78 is 13.2. The number of hydrogen-bond acceptors (Lipinski definition) is 1. The van der Waals surface area contributed by atoms with Gasteiger partial charge in [-0.15, -0.1) is 0 Å². The normalized spacial score (nSPS) is 12.4. The van der Waals surface area contributed by atoms with Crippen LogP contribution in [0.15, 0.2) is 42.5 Å². The summed E-state index contributed by atoms with van der Waals surface area (Å²) in [6.07, 6.45) is -0.0389. The minimum atomic E-state index is -0.592. The van der Waals surface area contributed by atoms with Gasteiger partial charge in [0.1, 0.15) is 5.82 Å². The van der Waals surface area contributed by atoms with Crippen LogP contribution >= 0.6 is 0 Å². The van der Waals surface area contributed by atoms with E-state index in [0.717, 1.165) is 16.7 Å². The van der Waals surface area contributed by atoms with E-state index in [1.54, 1.807) is 19.1 Å². The van der Waals surface area contributed by atoms with Crippen molar-refractivity contribution in [3.63, 3.8) is 0 Å². The van der Waals surface area contributed by atoms with Gasteiger partial charge < -0.3 is 5.11 Å². The maximum absolute atomic E-state index is 13.2. The molecule has 0 spiro atoms. The van der Waals surface area contributed by atoms with Crippen molar-refractivity contribution in [3.8, 4) is 0 Å². The van der Waals surface area contributed by atoms with E-state index >= 15 is 0 Å². The van der Waals surface area contributed by atoms with Crippen molar-refractivity contribution >= 4 is 0 Å². The summed E-state index contributed by atoms with van der Waals surface area (Å²) in [7, 11) is 0. The van der Waals surface area contributed by atoms with Gasteiger partial charge >= 0.3 is 0 Å². The Kier molecular flexibility index (Phi) is 3.78. The highest BCUT2D eigenvalue weighted by Gasteiger charge is 2.11. The summed E-state index contributed by atoms with van der Waals surface area (Å²) in [6, 6.07) is 12.7. The fraction of sp³-hybridized carbons (Fsp3) is 0.250. The second-order valence-electron chi connectivity index (χ2n) is 4.66. The molecular formula is C16H17FO. The second-order valence-corrected chi connectivity index (χ2v) is 4.66. The van der Waals surface area contributed by atoms with Gasteiger partial charge in [-0.25, -0.2) is 4.39 Å². The van der Waals surface area contributed by atoms with Crippen LogP contribution < -0.4 is 0 Å². The first-order chi connectivity index (χ1) is 8.58. The summed E-state index contributed by atoms with van der Waals surface area (Å²) in [6.45, 7) is 3.73. The highest BCUT2D eigenvalue weighted by Crippen LogP contribution is 2.22. The third kappa shape index (κ3) is 2.77. The number of aliphatic hydroxyl groups is 1. The molecule has 94 valence electrons. The Hall–Kier alpha value is -1.67. The summed E-state index contributed by atoms with van der Waals surface area (Å²) in [4.78, 5) is 0. The molecule has 0 heterocycles. The molecule has 1 N–H and O–H groups in total. The molecule has 1 atom stereocenters. The predicted octanol–water partition coefficient (Wildman–Crippen LogP) is 3.72. The average Bonchev–Trinajstić information content (AvgIpc) is 2.35. The molecule has 18 heavy (non-hydrogen) atoms. The summed E-state index contributed by atoms with van der Waals surface area (Å²) >= 11 is 0. The van der Waals surface area contributed by atoms with Crippen LogP contribution in [0.4, 0.5) is 4.39 Å². The predicted molar refractivity (Wildman–Crippen MR) is 71.0 cm³/mol. The second kappa shape index (κ2) is 5.32. The SMILES string of the molecule is Cc1cc(C(O)Cc2ccccc2C)ccc1F. The molecule has 0 fully saturated rings. The van der Waals surface area contributed by atoms with E-state index in [9.17, 15) is 9.50 Å². The van der Waals surface area contributed by atoms with Gasteiger partial charge in [-0.3, -0.25) is 0 Å². The number of halogens is 1. The Bertz CT molecular complexity index is 549. The molecule has 0 saturated heterocycles. The molecule has 0 amide bonds. The Labute approximate surface area is 107 Å². The highest BCUT2D eigenvalue weighted by molar-refractivity contribution is 5.30. The van der Waals surface area contributed by atoms with Crippen LogP contribution in [-0.2, 0) is 6.42 Å². The van der Waals surface area contributed by atoms with Crippen molar-refractivity contribution in [1.29, 1.82) is 0 Å². The number of hydrogen-bond donors (Lipinski definition) is 1. The molecule has 0 radical (unpaired) electrons. The zero-order valence-corrected chi connectivity index (χ0v) is 10.7. The van der Waals surface area contributed by atoms with E-state index in [2.05, 4.69) is 0 Å². The third-order valence-electron chi connectivity index (χ3n) is 3.24. The van der Waals surface area contributed by atoms with Gasteiger partial charge in [0, 0.05) is 6.42 Å². The molecule has 0 aliphatic carbocycles. The largest absolute Gasteiger partial charge is 0.388 e. The van der Waals surface area contributed by atoms with E-state index in [4.69, 9.17) is 0 Å². The van der Waals surface area contributed by atoms with Crippen molar-refractivity contribution < 1.29 is 9.50 Å². The van der Waals surface area contributed by atoms with E-state index < -0.39 is 6.10 Å². The lowest BCUT2D eigenvalue weighted by atomic mass is 9.97. The monoisotopic (exact) mass is 244 g/mol. The van der Waals surface area contributed by atoms with Crippen LogP contribution in [0.1, 0.15) is 28.4 Å². The minimum absolute atomic E-state index is 0.234. The molecule has 2 rings (SSSR count). The van der Waals surface area contributed by atoms with Gasteiger partial charge in [-0.2, -0.15) is 0 Å². The molecular weight excluding hydrogens is 227 g/mol. The lowest BCUT2D eigenvalue weighted by molar-refractivity contribution is 0.178. The first-order valence-corrected chi connectivity index (χ1v) is 6.06. The number of aliphatic hydroxyl groups excluding tert-OH is 1. The number of rotatable bonds is 3. The van der Waals surface area contributed by atoms with Crippen LogP contribution in [0, 0.1) is 19.7 Å². The number of benzene rings is 2. The molecule has 1 unspecified atom stereocenters. The van der Waals surface area contributed by atoms with Gasteiger partial charge in [-0.1, -0.05) is 36.4 Å². The van der Waals surface area contributed by atoms with Gasteiger partial charge in [0.15, 0.2) is 0 Å². The quantitative estimate of drug-likeness (QED) is 0.872. The maximum Gasteiger partial charge on any atom is 0.126 e. The summed E-state index contributed by atoms with van der Waals surface area (Å²) in [5.74, 6) is -0.234. The highest BCUT2D eigenvalue weighted by atomic mass is 19.1. The molecule has 2 heteroatoms. The zero-order valence-electron chi connectivity index (χ0n) is 10.7. The van der Waals surface area contributed by atoms with Crippen molar-refractivity contribution in [2.75, 3.05) is 0 Å². The van der Waals surface area contributed by atoms with Crippen molar-refractivity contribution in [2.24, 2.45) is 0 Å². The van der Waals surface area contributed by atoms with Crippen LogP contribution in [0.2, 0.25) is 0 Å². The Morgan fingerprint density at radius 2 is 1.78 bits per heavy atom. The molecule has 0 aliphatic heterocycles. The fourth-order valence-corrected chi connectivity index (χ4v) is 2.04. The first kappa shape index (κ1) is 12.8. The molecule has 0 aliphatic rings. The number of aryl methyl sites for hydroxylation is 2. The standard InChI is InChI=1S/C16H17FO/c1-11-5-3-4-6-13(11)10-16(18)14-7-8-15(17)12(2)9-14/h3-9,16,18H,10H2,1-2H3. The van der Waals surface area contributed by atoms with E-state index in [1.807, 2.05) is 31.2 Å². The van der Waals surface area contributed by atoms with Crippen molar-refractivity contribution in [2.45, 2.75) is 26.4 Å². The Morgan fingerprint density at radius 1 is 1.06 bits per heavy atom. The van der Waals surface area contributed by atoms with Crippen LogP contribution in [0.3, 0.4) is 0 Å². The zero-order chi connectivity index (χ0) is 13.1. The van der Waals surface area contributed by atoms with Crippen LogP contribution in [0.5, 0.6) is 0 Å². The summed E-state index contributed by atoms with van der Waals surface area (Å²) in [5, 5.41) is 10.2. The summed E-state index contributed by atoms with van der Waals surface area (Å²) in [5.41, 5.74) is 3.61. The van der Waals surface area contributed by atoms with Crippen LogP contribution in [0.25, 0.3) is 0 Å². The third-order valence-corrected chi connectivity index (χ3v) is 3.24. The molecule has 0 aromatic heterocycles. The minimum Gasteiger partial charge on any atom is -0.388 e.